The Labute approximate surface area is 96.9 Å². The number of carbonyl (C=O) groups excluding carboxylic acids is 2. The molecule has 1 rings (SSSR count). The van der Waals surface area contributed by atoms with Gasteiger partial charge in [0, 0.05) is 5.92 Å². The number of hydrogen-bond donors (Lipinski definition) is 0. The Morgan fingerprint density at radius 1 is 1.38 bits per heavy atom. The number of carbonyl (C=O) groups is 2. The van der Waals surface area contributed by atoms with Gasteiger partial charge < -0.3 is 4.74 Å². The van der Waals surface area contributed by atoms with Crippen LogP contribution in [0.3, 0.4) is 0 Å². The van der Waals surface area contributed by atoms with Crippen molar-refractivity contribution >= 4 is 11.8 Å². The second-order valence-electron chi connectivity index (χ2n) is 5.03. The van der Waals surface area contributed by atoms with Crippen molar-refractivity contribution in [2.75, 3.05) is 0 Å². The van der Waals surface area contributed by atoms with Gasteiger partial charge in [0.2, 0.25) is 0 Å². The predicted molar refractivity (Wildman–Crippen MR) is 61.8 cm³/mol. The fourth-order valence-electron chi connectivity index (χ4n) is 2.17. The first-order valence-corrected chi connectivity index (χ1v) is 5.70. The predicted octanol–water partition coefficient (Wildman–Crippen LogP) is 2.36. The summed E-state index contributed by atoms with van der Waals surface area (Å²) in [5.74, 6) is -0.593. The summed E-state index contributed by atoms with van der Waals surface area (Å²) in [4.78, 5) is 23.8. The van der Waals surface area contributed by atoms with Gasteiger partial charge in [-0.3, -0.25) is 9.59 Å². The highest BCUT2D eigenvalue weighted by Gasteiger charge is 2.49. The molecular weight excluding hydrogens is 204 g/mol. The van der Waals surface area contributed by atoms with E-state index >= 15 is 0 Å². The molecule has 3 atom stereocenters. The summed E-state index contributed by atoms with van der Waals surface area (Å²) in [6.45, 7) is 8.97. The van der Waals surface area contributed by atoms with E-state index < -0.39 is 11.4 Å². The van der Waals surface area contributed by atoms with Crippen molar-refractivity contribution in [3.63, 3.8) is 0 Å². The molecule has 0 aromatic heterocycles. The Kier molecular flexibility index (Phi) is 3.56. The van der Waals surface area contributed by atoms with Crippen molar-refractivity contribution < 1.29 is 14.3 Å². The van der Waals surface area contributed by atoms with E-state index in [4.69, 9.17) is 4.74 Å². The van der Waals surface area contributed by atoms with Crippen molar-refractivity contribution in [1.82, 2.24) is 0 Å². The summed E-state index contributed by atoms with van der Waals surface area (Å²) in [7, 11) is 0. The summed E-state index contributed by atoms with van der Waals surface area (Å²) >= 11 is 0. The van der Waals surface area contributed by atoms with Crippen LogP contribution in [0.4, 0.5) is 0 Å². The molecule has 0 radical (unpaired) electrons. The largest absolute Gasteiger partial charge is 0.460 e. The van der Waals surface area contributed by atoms with Crippen LogP contribution in [0.2, 0.25) is 0 Å². The van der Waals surface area contributed by atoms with E-state index in [-0.39, 0.29) is 23.7 Å². The average Bonchev–Trinajstić information content (AvgIpc) is 2.21. The van der Waals surface area contributed by atoms with Gasteiger partial charge in [-0.25, -0.2) is 0 Å². The smallest absolute Gasteiger partial charge is 0.319 e. The summed E-state index contributed by atoms with van der Waals surface area (Å²) in [5, 5.41) is 0. The van der Waals surface area contributed by atoms with Crippen LogP contribution >= 0.6 is 0 Å². The first-order valence-electron chi connectivity index (χ1n) is 5.70. The molecule has 90 valence electrons. The third kappa shape index (κ3) is 2.04. The number of hydrogen-bond acceptors (Lipinski definition) is 3. The zero-order valence-corrected chi connectivity index (χ0v) is 10.6. The van der Waals surface area contributed by atoms with E-state index in [9.17, 15) is 9.59 Å². The summed E-state index contributed by atoms with van der Waals surface area (Å²) in [6, 6.07) is 0. The summed E-state index contributed by atoms with van der Waals surface area (Å²) in [5.41, 5.74) is -0.994. The number of ether oxygens (including phenoxy) is 1. The van der Waals surface area contributed by atoms with E-state index in [0.29, 0.717) is 0 Å². The van der Waals surface area contributed by atoms with E-state index in [2.05, 4.69) is 0 Å². The number of allylic oxidation sites excluding steroid dienone is 1. The van der Waals surface area contributed by atoms with Gasteiger partial charge in [-0.1, -0.05) is 26.0 Å². The molecule has 1 aliphatic heterocycles. The topological polar surface area (TPSA) is 43.4 Å². The van der Waals surface area contributed by atoms with Gasteiger partial charge in [-0.2, -0.15) is 0 Å². The molecular formula is C13H20O3. The third-order valence-corrected chi connectivity index (χ3v) is 3.29. The molecule has 1 saturated heterocycles. The van der Waals surface area contributed by atoms with Gasteiger partial charge >= 0.3 is 5.97 Å². The molecule has 16 heavy (non-hydrogen) atoms. The van der Waals surface area contributed by atoms with Crippen molar-refractivity contribution in [3.05, 3.63) is 12.2 Å². The number of esters is 1. The first kappa shape index (κ1) is 12.9. The molecule has 3 nitrogen and oxygen atoms in total. The van der Waals surface area contributed by atoms with Gasteiger partial charge in [0.15, 0.2) is 5.78 Å². The summed E-state index contributed by atoms with van der Waals surface area (Å²) < 4.78 is 5.39. The SMILES string of the molecule is C/C=C/[C@H](C)C1OC(=O)C(C)(C)C(=O)[C@@H]1C. The molecule has 1 fully saturated rings. The van der Waals surface area contributed by atoms with Crippen LogP contribution in [0.5, 0.6) is 0 Å². The van der Waals surface area contributed by atoms with Crippen LogP contribution in [0.1, 0.15) is 34.6 Å². The van der Waals surface area contributed by atoms with Gasteiger partial charge in [0.25, 0.3) is 0 Å². The maximum atomic E-state index is 12.1. The van der Waals surface area contributed by atoms with Crippen LogP contribution in [0, 0.1) is 17.3 Å². The minimum Gasteiger partial charge on any atom is -0.460 e. The van der Waals surface area contributed by atoms with Crippen molar-refractivity contribution in [2.24, 2.45) is 17.3 Å². The molecule has 3 heteroatoms. The lowest BCUT2D eigenvalue weighted by Gasteiger charge is -2.38. The number of cyclic esters (lactones) is 1. The first-order chi connectivity index (χ1) is 7.32. The summed E-state index contributed by atoms with van der Waals surface area (Å²) in [6.07, 6.45) is 3.54. The van der Waals surface area contributed by atoms with Crippen LogP contribution in [-0.4, -0.2) is 17.9 Å². The van der Waals surface area contributed by atoms with Gasteiger partial charge in [-0.15, -0.1) is 0 Å². The zero-order chi connectivity index (χ0) is 12.5. The molecule has 0 saturated carbocycles. The normalized spacial score (nSPS) is 31.6. The lowest BCUT2D eigenvalue weighted by atomic mass is 9.75. The van der Waals surface area contributed by atoms with Crippen LogP contribution in [0.15, 0.2) is 12.2 Å². The van der Waals surface area contributed by atoms with Crippen LogP contribution < -0.4 is 0 Å². The van der Waals surface area contributed by atoms with Crippen LogP contribution in [-0.2, 0) is 14.3 Å². The quantitative estimate of drug-likeness (QED) is 0.411. The highest BCUT2D eigenvalue weighted by Crippen LogP contribution is 2.34. The van der Waals surface area contributed by atoms with Gasteiger partial charge in [0.05, 0.1) is 5.92 Å². The molecule has 0 spiro atoms. The molecule has 1 unspecified atom stereocenters. The van der Waals surface area contributed by atoms with E-state index in [1.54, 1.807) is 13.8 Å². The average molecular weight is 224 g/mol. The maximum absolute atomic E-state index is 12.1. The Morgan fingerprint density at radius 3 is 2.44 bits per heavy atom. The highest BCUT2D eigenvalue weighted by molar-refractivity contribution is 6.05. The maximum Gasteiger partial charge on any atom is 0.319 e. The number of ketones is 1. The highest BCUT2D eigenvalue weighted by atomic mass is 16.5. The molecule has 0 N–H and O–H groups in total. The zero-order valence-electron chi connectivity index (χ0n) is 10.6. The molecule has 0 aliphatic carbocycles. The lowest BCUT2D eigenvalue weighted by molar-refractivity contribution is -0.179. The number of rotatable bonds is 2. The van der Waals surface area contributed by atoms with E-state index in [1.165, 1.54) is 0 Å². The van der Waals surface area contributed by atoms with Crippen molar-refractivity contribution in [2.45, 2.75) is 40.7 Å². The van der Waals surface area contributed by atoms with E-state index in [1.807, 2.05) is 32.9 Å². The Hall–Kier alpha value is -1.12. The van der Waals surface area contributed by atoms with Gasteiger partial charge in [-0.05, 0) is 20.8 Å². The Bertz CT molecular complexity index is 328. The fourth-order valence-corrected chi connectivity index (χ4v) is 2.17. The Morgan fingerprint density at radius 2 is 1.94 bits per heavy atom. The fraction of sp³-hybridized carbons (Fsp3) is 0.692. The van der Waals surface area contributed by atoms with E-state index in [0.717, 1.165) is 0 Å². The second-order valence-corrected chi connectivity index (χ2v) is 5.03. The molecule has 1 aliphatic rings. The third-order valence-electron chi connectivity index (χ3n) is 3.29. The second kappa shape index (κ2) is 4.40. The minimum atomic E-state index is -0.994. The van der Waals surface area contributed by atoms with Crippen LogP contribution in [0.25, 0.3) is 0 Å². The lowest BCUT2D eigenvalue weighted by Crippen LogP contribution is -2.51. The van der Waals surface area contributed by atoms with Gasteiger partial charge in [0.1, 0.15) is 11.5 Å². The Balaban J connectivity index is 2.94. The molecule has 0 aromatic rings. The van der Waals surface area contributed by atoms with Crippen molar-refractivity contribution in [1.29, 1.82) is 0 Å². The molecule has 0 aromatic carbocycles. The molecule has 0 bridgehead atoms. The standard InChI is InChI=1S/C13H20O3/c1-6-7-8(2)10-9(3)11(14)13(4,5)12(15)16-10/h6-10H,1-5H3/b7-6+/t8-,9+,10?/m0/s1. The monoisotopic (exact) mass is 224 g/mol. The number of Topliss-reactive ketones (excluding diaryl/α,β-unsaturated/α-hetero) is 1. The minimum absolute atomic E-state index is 0.0231. The van der Waals surface area contributed by atoms with Crippen molar-refractivity contribution in [3.8, 4) is 0 Å². The molecule has 0 amide bonds. The molecule has 1 heterocycles.